The van der Waals surface area contributed by atoms with Gasteiger partial charge in [0, 0.05) is 13.1 Å². The van der Waals surface area contributed by atoms with Crippen LogP contribution in [0.1, 0.15) is 19.3 Å². The van der Waals surface area contributed by atoms with E-state index in [2.05, 4.69) is 0 Å². The van der Waals surface area contributed by atoms with Crippen LogP contribution in [0.15, 0.2) is 0 Å². The molecule has 0 aliphatic carbocycles. The summed E-state index contributed by atoms with van der Waals surface area (Å²) in [6.45, 7) is 0.583. The van der Waals surface area contributed by atoms with E-state index in [9.17, 15) is 21.9 Å². The summed E-state index contributed by atoms with van der Waals surface area (Å²) < 4.78 is 48.2. The topological polar surface area (TPSA) is 91.8 Å². The number of hydrogen-bond donors (Lipinski definition) is 1. The smallest absolute Gasteiger partial charge is 0.218 e. The molecule has 0 bridgehead atoms. The zero-order valence-corrected chi connectivity index (χ0v) is 11.1. The van der Waals surface area contributed by atoms with Crippen LogP contribution in [0.2, 0.25) is 0 Å². The summed E-state index contributed by atoms with van der Waals surface area (Å²) in [7, 11) is -6.70. The fourth-order valence-electron chi connectivity index (χ4n) is 2.30. The number of rotatable bonds is 2. The lowest BCUT2D eigenvalue weighted by Crippen LogP contribution is -2.44. The summed E-state index contributed by atoms with van der Waals surface area (Å²) in [5.74, 6) is -0.290. The first-order valence-corrected chi connectivity index (χ1v) is 9.01. The summed E-state index contributed by atoms with van der Waals surface area (Å²) >= 11 is 0. The Hall–Kier alpha value is -0.180. The van der Waals surface area contributed by atoms with Crippen molar-refractivity contribution in [2.75, 3.05) is 24.6 Å². The molecule has 0 aromatic carbocycles. The van der Waals surface area contributed by atoms with E-state index in [1.54, 1.807) is 0 Å². The minimum Gasteiger partial charge on any atom is -0.393 e. The molecule has 2 aliphatic heterocycles. The highest BCUT2D eigenvalue weighted by Crippen LogP contribution is 2.24. The number of sulfonamides is 1. The second-order valence-electron chi connectivity index (χ2n) is 4.70. The van der Waals surface area contributed by atoms with Gasteiger partial charge in [-0.2, -0.15) is 0 Å². The van der Waals surface area contributed by atoms with Crippen LogP contribution in [0.5, 0.6) is 0 Å². The number of aliphatic hydroxyl groups is 1. The molecule has 1 N–H and O–H groups in total. The van der Waals surface area contributed by atoms with Gasteiger partial charge < -0.3 is 5.11 Å². The van der Waals surface area contributed by atoms with Gasteiger partial charge in [-0.15, -0.1) is 0 Å². The maximum absolute atomic E-state index is 12.2. The van der Waals surface area contributed by atoms with Gasteiger partial charge >= 0.3 is 0 Å². The average molecular weight is 283 g/mol. The molecule has 1 atom stereocenters. The van der Waals surface area contributed by atoms with Crippen LogP contribution in [0.3, 0.4) is 0 Å². The summed E-state index contributed by atoms with van der Waals surface area (Å²) in [6, 6.07) is 0. The quantitative estimate of drug-likeness (QED) is 0.699. The van der Waals surface area contributed by atoms with Gasteiger partial charge in [-0.05, 0) is 19.3 Å². The van der Waals surface area contributed by atoms with Crippen LogP contribution in [0, 0.1) is 0 Å². The van der Waals surface area contributed by atoms with Gasteiger partial charge in [0.1, 0.15) is 0 Å². The average Bonchev–Trinajstić information content (AvgIpc) is 2.60. The SMILES string of the molecule is O=S1(=O)CCC(S(=O)(=O)N2CCC(O)CC2)C1. The Bertz CT molecular complexity index is 476. The molecule has 2 rings (SSSR count). The molecule has 8 heteroatoms. The van der Waals surface area contributed by atoms with Crippen molar-refractivity contribution in [3.05, 3.63) is 0 Å². The molecule has 6 nitrogen and oxygen atoms in total. The molecule has 2 saturated heterocycles. The van der Waals surface area contributed by atoms with Crippen molar-refractivity contribution in [3.63, 3.8) is 0 Å². The van der Waals surface area contributed by atoms with Crippen molar-refractivity contribution in [2.45, 2.75) is 30.6 Å². The van der Waals surface area contributed by atoms with Crippen molar-refractivity contribution in [1.82, 2.24) is 4.31 Å². The fraction of sp³-hybridized carbons (Fsp3) is 1.00. The minimum absolute atomic E-state index is 0.0344. The molecule has 0 radical (unpaired) electrons. The Labute approximate surface area is 102 Å². The third-order valence-electron chi connectivity index (χ3n) is 3.40. The Kier molecular flexibility index (Phi) is 3.50. The van der Waals surface area contributed by atoms with Crippen molar-refractivity contribution >= 4 is 19.9 Å². The predicted molar refractivity (Wildman–Crippen MR) is 62.8 cm³/mol. The van der Waals surface area contributed by atoms with Gasteiger partial charge in [0.2, 0.25) is 10.0 Å². The first-order chi connectivity index (χ1) is 7.81. The third kappa shape index (κ3) is 2.81. The number of piperidine rings is 1. The molecular formula is C9H17NO5S2. The van der Waals surface area contributed by atoms with E-state index < -0.39 is 31.2 Å². The Balaban J connectivity index is 2.09. The maximum atomic E-state index is 12.2. The van der Waals surface area contributed by atoms with Gasteiger partial charge in [-0.3, -0.25) is 0 Å². The first-order valence-electron chi connectivity index (χ1n) is 5.69. The molecule has 0 amide bonds. The molecule has 2 heterocycles. The highest BCUT2D eigenvalue weighted by atomic mass is 32.2. The van der Waals surface area contributed by atoms with Gasteiger partial charge in [-0.1, -0.05) is 0 Å². The van der Waals surface area contributed by atoms with E-state index >= 15 is 0 Å². The molecule has 0 saturated carbocycles. The molecule has 0 aromatic rings. The lowest BCUT2D eigenvalue weighted by Gasteiger charge is -2.30. The highest BCUT2D eigenvalue weighted by molar-refractivity contribution is 7.95. The number of aliphatic hydroxyl groups excluding tert-OH is 1. The largest absolute Gasteiger partial charge is 0.393 e. The van der Waals surface area contributed by atoms with Crippen LogP contribution in [-0.4, -0.2) is 62.2 Å². The van der Waals surface area contributed by atoms with E-state index in [1.807, 2.05) is 0 Å². The van der Waals surface area contributed by atoms with Gasteiger partial charge in [0.25, 0.3) is 0 Å². The molecule has 0 aromatic heterocycles. The molecule has 1 unspecified atom stereocenters. The fourth-order valence-corrected chi connectivity index (χ4v) is 6.86. The van der Waals surface area contributed by atoms with Crippen LogP contribution < -0.4 is 0 Å². The minimum atomic E-state index is -3.51. The Morgan fingerprint density at radius 2 is 1.71 bits per heavy atom. The van der Waals surface area contributed by atoms with E-state index in [0.717, 1.165) is 0 Å². The number of hydrogen-bond acceptors (Lipinski definition) is 5. The molecular weight excluding hydrogens is 266 g/mol. The van der Waals surface area contributed by atoms with Gasteiger partial charge in [0.15, 0.2) is 9.84 Å². The monoisotopic (exact) mass is 283 g/mol. The summed E-state index contributed by atoms with van der Waals surface area (Å²) in [4.78, 5) is 0. The van der Waals surface area contributed by atoms with Crippen LogP contribution in [0.25, 0.3) is 0 Å². The zero-order chi connectivity index (χ0) is 12.7. The van der Waals surface area contributed by atoms with Crippen molar-refractivity contribution < 1.29 is 21.9 Å². The normalized spacial score (nSPS) is 31.7. The van der Waals surface area contributed by atoms with Crippen molar-refractivity contribution in [2.24, 2.45) is 0 Å². The predicted octanol–water partition coefficient (Wildman–Crippen LogP) is -1.04. The van der Waals surface area contributed by atoms with E-state index in [-0.39, 0.29) is 17.9 Å². The summed E-state index contributed by atoms with van der Waals surface area (Å²) in [6.07, 6.45) is 0.620. The van der Waals surface area contributed by atoms with Crippen LogP contribution in [-0.2, 0) is 19.9 Å². The van der Waals surface area contributed by atoms with E-state index in [4.69, 9.17) is 0 Å². The van der Waals surface area contributed by atoms with Crippen molar-refractivity contribution in [1.29, 1.82) is 0 Å². The molecule has 2 fully saturated rings. The molecule has 100 valence electrons. The Morgan fingerprint density at radius 1 is 1.12 bits per heavy atom. The standard InChI is InChI=1S/C9H17NO5S2/c11-8-1-4-10(5-2-8)17(14,15)9-3-6-16(12,13)7-9/h8-9,11H,1-7H2. The highest BCUT2D eigenvalue weighted by Gasteiger charge is 2.41. The van der Waals surface area contributed by atoms with Crippen molar-refractivity contribution in [3.8, 4) is 0 Å². The van der Waals surface area contributed by atoms with Crippen LogP contribution >= 0.6 is 0 Å². The first kappa shape index (κ1) is 13.3. The number of nitrogens with zero attached hydrogens (tertiary/aromatic N) is 1. The molecule has 17 heavy (non-hydrogen) atoms. The second-order valence-corrected chi connectivity index (χ2v) is 9.14. The lowest BCUT2D eigenvalue weighted by molar-refractivity contribution is 0.112. The number of sulfone groups is 1. The second kappa shape index (κ2) is 4.49. The van der Waals surface area contributed by atoms with E-state index in [0.29, 0.717) is 25.9 Å². The zero-order valence-electron chi connectivity index (χ0n) is 9.45. The van der Waals surface area contributed by atoms with Crippen LogP contribution in [0.4, 0.5) is 0 Å². The summed E-state index contributed by atoms with van der Waals surface area (Å²) in [5.41, 5.74) is 0. The van der Waals surface area contributed by atoms with Gasteiger partial charge in [-0.25, -0.2) is 21.1 Å². The lowest BCUT2D eigenvalue weighted by atomic mass is 10.1. The summed E-state index contributed by atoms with van der Waals surface area (Å²) in [5, 5.41) is 8.53. The Morgan fingerprint density at radius 3 is 2.18 bits per heavy atom. The molecule has 0 spiro atoms. The maximum Gasteiger partial charge on any atom is 0.218 e. The third-order valence-corrected chi connectivity index (χ3v) is 7.70. The van der Waals surface area contributed by atoms with E-state index in [1.165, 1.54) is 4.31 Å². The van der Waals surface area contributed by atoms with Gasteiger partial charge in [0.05, 0.1) is 22.9 Å². The molecule has 2 aliphatic rings.